The van der Waals surface area contributed by atoms with Gasteiger partial charge in [-0.2, -0.15) is 0 Å². The zero-order valence-corrected chi connectivity index (χ0v) is 9.35. The molecule has 0 unspecified atom stereocenters. The van der Waals surface area contributed by atoms with Crippen LogP contribution in [0.1, 0.15) is 31.3 Å². The number of rotatable bonds is 2. The molecule has 3 nitrogen and oxygen atoms in total. The van der Waals surface area contributed by atoms with E-state index in [1.165, 1.54) is 0 Å². The SMILES string of the molecule is COc1c(C)nc(C2(C)CC2)nc1Cl. The van der Waals surface area contributed by atoms with Gasteiger partial charge in [-0.05, 0) is 19.8 Å². The van der Waals surface area contributed by atoms with Gasteiger partial charge in [0.25, 0.3) is 0 Å². The van der Waals surface area contributed by atoms with Crippen LogP contribution in [-0.4, -0.2) is 17.1 Å². The minimum atomic E-state index is 0.153. The first-order valence-electron chi connectivity index (χ1n) is 4.65. The first-order valence-corrected chi connectivity index (χ1v) is 5.03. The predicted molar refractivity (Wildman–Crippen MR) is 54.9 cm³/mol. The van der Waals surface area contributed by atoms with Crippen LogP contribution in [0.2, 0.25) is 5.15 Å². The van der Waals surface area contributed by atoms with Crippen LogP contribution in [0.4, 0.5) is 0 Å². The molecular formula is C10H13ClN2O. The summed E-state index contributed by atoms with van der Waals surface area (Å²) in [7, 11) is 1.58. The average molecular weight is 213 g/mol. The molecule has 1 aromatic rings. The number of ether oxygens (including phenoxy) is 1. The second-order valence-corrected chi connectivity index (χ2v) is 4.38. The number of hydrogen-bond donors (Lipinski definition) is 0. The summed E-state index contributed by atoms with van der Waals surface area (Å²) in [6.07, 6.45) is 2.30. The third kappa shape index (κ3) is 1.46. The summed E-state index contributed by atoms with van der Waals surface area (Å²) in [6.45, 7) is 4.05. The van der Waals surface area contributed by atoms with Gasteiger partial charge >= 0.3 is 0 Å². The van der Waals surface area contributed by atoms with Crippen LogP contribution in [0.15, 0.2) is 0 Å². The quantitative estimate of drug-likeness (QED) is 0.707. The van der Waals surface area contributed by atoms with E-state index in [1.807, 2.05) is 6.92 Å². The van der Waals surface area contributed by atoms with Crippen molar-refractivity contribution in [2.24, 2.45) is 0 Å². The molecule has 2 rings (SSSR count). The molecule has 1 saturated carbocycles. The van der Waals surface area contributed by atoms with Gasteiger partial charge < -0.3 is 4.74 Å². The Balaban J connectivity index is 2.47. The summed E-state index contributed by atoms with van der Waals surface area (Å²) < 4.78 is 5.11. The highest BCUT2D eigenvalue weighted by Gasteiger charge is 2.42. The van der Waals surface area contributed by atoms with Crippen molar-refractivity contribution in [3.05, 3.63) is 16.7 Å². The van der Waals surface area contributed by atoms with Crippen LogP contribution >= 0.6 is 11.6 Å². The molecule has 1 aromatic heterocycles. The molecule has 1 fully saturated rings. The maximum Gasteiger partial charge on any atom is 0.177 e. The highest BCUT2D eigenvalue weighted by atomic mass is 35.5. The molecule has 0 saturated heterocycles. The lowest BCUT2D eigenvalue weighted by atomic mass is 10.1. The summed E-state index contributed by atoms with van der Waals surface area (Å²) in [5, 5.41) is 0.420. The number of nitrogens with zero attached hydrogens (tertiary/aromatic N) is 2. The summed E-state index contributed by atoms with van der Waals surface area (Å²) in [5.41, 5.74) is 0.969. The van der Waals surface area contributed by atoms with E-state index in [4.69, 9.17) is 16.3 Å². The minimum Gasteiger partial charge on any atom is -0.492 e. The van der Waals surface area contributed by atoms with Crippen LogP contribution in [0, 0.1) is 6.92 Å². The lowest BCUT2D eigenvalue weighted by molar-refractivity contribution is 0.405. The fourth-order valence-electron chi connectivity index (χ4n) is 1.44. The molecule has 0 atom stereocenters. The van der Waals surface area contributed by atoms with Crippen LogP contribution < -0.4 is 4.74 Å². The van der Waals surface area contributed by atoms with E-state index in [1.54, 1.807) is 7.11 Å². The van der Waals surface area contributed by atoms with Gasteiger partial charge in [0.1, 0.15) is 5.82 Å². The average Bonchev–Trinajstić information content (AvgIpc) is 2.84. The maximum absolute atomic E-state index is 5.99. The number of aryl methyl sites for hydroxylation is 1. The van der Waals surface area contributed by atoms with E-state index >= 15 is 0 Å². The Kier molecular flexibility index (Phi) is 2.14. The molecule has 4 heteroatoms. The molecule has 0 bridgehead atoms. The van der Waals surface area contributed by atoms with Crippen molar-refractivity contribution in [3.8, 4) is 5.75 Å². The monoisotopic (exact) mass is 212 g/mol. The largest absolute Gasteiger partial charge is 0.492 e. The Morgan fingerprint density at radius 2 is 2.00 bits per heavy atom. The topological polar surface area (TPSA) is 35.0 Å². The number of halogens is 1. The normalized spacial score (nSPS) is 18.0. The standard InChI is InChI=1S/C10H13ClN2O/c1-6-7(14-3)8(11)13-9(12-6)10(2)4-5-10/h4-5H2,1-3H3. The van der Waals surface area contributed by atoms with Crippen LogP contribution in [-0.2, 0) is 5.41 Å². The second kappa shape index (κ2) is 3.09. The molecule has 0 amide bonds. The van der Waals surface area contributed by atoms with Gasteiger partial charge in [0.15, 0.2) is 10.9 Å². The Hall–Kier alpha value is -0.830. The maximum atomic E-state index is 5.99. The van der Waals surface area contributed by atoms with Crippen LogP contribution in [0.3, 0.4) is 0 Å². The van der Waals surface area contributed by atoms with Gasteiger partial charge in [-0.3, -0.25) is 0 Å². The van der Waals surface area contributed by atoms with Gasteiger partial charge in [-0.15, -0.1) is 0 Å². The molecule has 1 aliphatic carbocycles. The minimum absolute atomic E-state index is 0.153. The van der Waals surface area contributed by atoms with E-state index in [2.05, 4.69) is 16.9 Å². The Morgan fingerprint density at radius 1 is 1.36 bits per heavy atom. The van der Waals surface area contributed by atoms with E-state index < -0.39 is 0 Å². The van der Waals surface area contributed by atoms with Crippen molar-refractivity contribution >= 4 is 11.6 Å². The second-order valence-electron chi connectivity index (χ2n) is 4.02. The van der Waals surface area contributed by atoms with Crippen molar-refractivity contribution < 1.29 is 4.74 Å². The molecule has 0 N–H and O–H groups in total. The van der Waals surface area contributed by atoms with Crippen LogP contribution in [0.5, 0.6) is 5.75 Å². The highest BCUT2D eigenvalue weighted by molar-refractivity contribution is 6.30. The molecule has 0 aromatic carbocycles. The van der Waals surface area contributed by atoms with Gasteiger partial charge in [-0.1, -0.05) is 18.5 Å². The molecule has 76 valence electrons. The van der Waals surface area contributed by atoms with Crippen molar-refractivity contribution in [3.63, 3.8) is 0 Å². The molecule has 1 aliphatic rings. The van der Waals surface area contributed by atoms with E-state index in [-0.39, 0.29) is 5.41 Å². The molecule has 14 heavy (non-hydrogen) atoms. The lowest BCUT2D eigenvalue weighted by Crippen LogP contribution is -2.09. The Bertz CT molecular complexity index is 351. The molecule has 0 radical (unpaired) electrons. The van der Waals surface area contributed by atoms with Gasteiger partial charge in [0.2, 0.25) is 0 Å². The van der Waals surface area contributed by atoms with Crippen molar-refractivity contribution in [1.29, 1.82) is 0 Å². The zero-order valence-electron chi connectivity index (χ0n) is 8.59. The summed E-state index contributed by atoms with van der Waals surface area (Å²) >= 11 is 5.99. The molecular weight excluding hydrogens is 200 g/mol. The zero-order chi connectivity index (χ0) is 10.3. The third-order valence-electron chi connectivity index (χ3n) is 2.74. The van der Waals surface area contributed by atoms with Crippen molar-refractivity contribution in [2.45, 2.75) is 32.1 Å². The van der Waals surface area contributed by atoms with Gasteiger partial charge in [0.05, 0.1) is 12.8 Å². The first-order chi connectivity index (χ1) is 6.57. The lowest BCUT2D eigenvalue weighted by Gasteiger charge is -2.11. The van der Waals surface area contributed by atoms with E-state index in [0.717, 1.165) is 24.4 Å². The molecule has 0 spiro atoms. The summed E-state index contributed by atoms with van der Waals surface area (Å²) in [4.78, 5) is 8.69. The number of hydrogen-bond acceptors (Lipinski definition) is 3. The highest BCUT2D eigenvalue weighted by Crippen LogP contribution is 2.46. The summed E-state index contributed by atoms with van der Waals surface area (Å²) in [5.74, 6) is 1.43. The fraction of sp³-hybridized carbons (Fsp3) is 0.600. The number of methoxy groups -OCH3 is 1. The smallest absolute Gasteiger partial charge is 0.177 e. The van der Waals surface area contributed by atoms with E-state index in [0.29, 0.717) is 10.9 Å². The Morgan fingerprint density at radius 3 is 2.43 bits per heavy atom. The Labute approximate surface area is 88.5 Å². The molecule has 0 aliphatic heterocycles. The number of aromatic nitrogens is 2. The van der Waals surface area contributed by atoms with Gasteiger partial charge in [0, 0.05) is 5.41 Å². The van der Waals surface area contributed by atoms with E-state index in [9.17, 15) is 0 Å². The van der Waals surface area contributed by atoms with Crippen molar-refractivity contribution in [1.82, 2.24) is 9.97 Å². The fourth-order valence-corrected chi connectivity index (χ4v) is 1.73. The summed E-state index contributed by atoms with van der Waals surface area (Å²) in [6, 6.07) is 0. The van der Waals surface area contributed by atoms with Crippen LogP contribution in [0.25, 0.3) is 0 Å². The third-order valence-corrected chi connectivity index (χ3v) is 2.99. The first kappa shape index (κ1) is 9.71. The van der Waals surface area contributed by atoms with Crippen molar-refractivity contribution in [2.75, 3.05) is 7.11 Å². The van der Waals surface area contributed by atoms with Gasteiger partial charge in [-0.25, -0.2) is 9.97 Å². The molecule has 1 heterocycles. The predicted octanol–water partition coefficient (Wildman–Crippen LogP) is 2.50.